The SMILES string of the molecule is CC(c1c[nH]c2ccccc12)C(NC(=O)CN(C)C)C(=O)N1C[C@@H](CN(C)C)Cc2cc(Cl)ccc21.FC(F)F.O=C(O)C(F)(F)F.O=CO. The highest BCUT2D eigenvalue weighted by Gasteiger charge is 2.39. The number of halogens is 7. The molecule has 3 aromatic rings. The summed E-state index contributed by atoms with van der Waals surface area (Å²) >= 11 is 6.33. The van der Waals surface area contributed by atoms with Crippen molar-refractivity contribution >= 4 is 52.4 Å². The van der Waals surface area contributed by atoms with Gasteiger partial charge in [0.25, 0.3) is 6.47 Å². The van der Waals surface area contributed by atoms with Crippen molar-refractivity contribution in [1.82, 2.24) is 20.1 Å². The van der Waals surface area contributed by atoms with E-state index < -0.39 is 24.9 Å². The number of nitrogens with one attached hydrogen (secondary N) is 2. The van der Waals surface area contributed by atoms with Crippen LogP contribution in [0.3, 0.4) is 0 Å². The van der Waals surface area contributed by atoms with Crippen LogP contribution in [0.15, 0.2) is 48.7 Å². The van der Waals surface area contributed by atoms with Crippen LogP contribution in [-0.2, 0) is 25.6 Å². The Morgan fingerprint density at radius 1 is 1.08 bits per heavy atom. The molecule has 18 heteroatoms. The number of likely N-dealkylation sites (N-methyl/N-ethyl adjacent to an activating group) is 1. The minimum atomic E-state index is -5.08. The first kappa shape index (κ1) is 43.7. The summed E-state index contributed by atoms with van der Waals surface area (Å²) < 4.78 is 60.7. The maximum absolute atomic E-state index is 14.3. The van der Waals surface area contributed by atoms with E-state index in [4.69, 9.17) is 31.4 Å². The molecule has 1 aromatic heterocycles. The number of alkyl halides is 6. The zero-order valence-electron chi connectivity index (χ0n) is 27.8. The van der Waals surface area contributed by atoms with E-state index in [0.29, 0.717) is 11.6 Å². The molecule has 2 heterocycles. The summed E-state index contributed by atoms with van der Waals surface area (Å²) in [6.07, 6.45) is -2.28. The smallest absolute Gasteiger partial charge is 0.483 e. The molecule has 1 aliphatic heterocycles. The van der Waals surface area contributed by atoms with Crippen molar-refractivity contribution in [3.63, 3.8) is 0 Å². The highest BCUT2D eigenvalue weighted by molar-refractivity contribution is 6.30. The lowest BCUT2D eigenvalue weighted by Crippen LogP contribution is -2.55. The van der Waals surface area contributed by atoms with Gasteiger partial charge in [0.1, 0.15) is 6.04 Å². The van der Waals surface area contributed by atoms with Gasteiger partial charge in [-0.3, -0.25) is 14.4 Å². The number of aromatic nitrogens is 1. The molecule has 0 spiro atoms. The van der Waals surface area contributed by atoms with Crippen molar-refractivity contribution in [3.05, 3.63) is 64.8 Å². The zero-order valence-corrected chi connectivity index (χ0v) is 28.6. The Morgan fingerprint density at radius 2 is 1.64 bits per heavy atom. The first-order chi connectivity index (χ1) is 23.2. The van der Waals surface area contributed by atoms with Gasteiger partial charge in [0.15, 0.2) is 0 Å². The van der Waals surface area contributed by atoms with E-state index in [9.17, 15) is 35.9 Å². The molecule has 4 rings (SSSR count). The predicted molar refractivity (Wildman–Crippen MR) is 176 cm³/mol. The molecule has 278 valence electrons. The van der Waals surface area contributed by atoms with Crippen molar-refractivity contribution in [2.45, 2.75) is 38.2 Å². The average molecular weight is 740 g/mol. The normalized spacial score (nSPS) is 15.0. The number of benzene rings is 2. The number of hydrogen-bond donors (Lipinski definition) is 4. The fraction of sp³-hybridized carbons (Fsp3) is 0.438. The summed E-state index contributed by atoms with van der Waals surface area (Å²) in [7, 11) is 7.78. The number of carboxylic acid groups (broad SMARTS) is 2. The Kier molecular flexibility index (Phi) is 17.8. The van der Waals surface area contributed by atoms with Crippen LogP contribution < -0.4 is 10.2 Å². The molecule has 0 radical (unpaired) electrons. The highest BCUT2D eigenvalue weighted by atomic mass is 35.5. The highest BCUT2D eigenvalue weighted by Crippen LogP contribution is 2.35. The van der Waals surface area contributed by atoms with Crippen molar-refractivity contribution < 1.29 is 55.7 Å². The number of carbonyl (C=O) groups is 4. The fourth-order valence-electron chi connectivity index (χ4n) is 5.29. The first-order valence-corrected chi connectivity index (χ1v) is 15.2. The topological polar surface area (TPSA) is 146 Å². The summed E-state index contributed by atoms with van der Waals surface area (Å²) in [5, 5.41) is 18.8. The number of amides is 2. The second-order valence-corrected chi connectivity index (χ2v) is 12.0. The molecule has 0 aliphatic carbocycles. The number of nitrogens with zero attached hydrogens (tertiary/aromatic N) is 3. The van der Waals surface area contributed by atoms with Crippen molar-refractivity contribution in [2.24, 2.45) is 5.92 Å². The number of carbonyl (C=O) groups excluding carboxylic acids is 2. The third-order valence-corrected chi connectivity index (χ3v) is 7.30. The van der Waals surface area contributed by atoms with E-state index in [-0.39, 0.29) is 36.7 Å². The first-order valence-electron chi connectivity index (χ1n) is 14.8. The maximum atomic E-state index is 14.3. The van der Waals surface area contributed by atoms with Crippen LogP contribution in [0.4, 0.5) is 32.0 Å². The van der Waals surface area contributed by atoms with Crippen LogP contribution in [0.2, 0.25) is 5.02 Å². The van der Waals surface area contributed by atoms with Gasteiger partial charge in [-0.25, -0.2) is 4.79 Å². The van der Waals surface area contributed by atoms with E-state index in [1.165, 1.54) is 0 Å². The van der Waals surface area contributed by atoms with E-state index >= 15 is 0 Å². The predicted octanol–water partition coefficient (Wildman–Crippen LogP) is 5.25. The second-order valence-electron chi connectivity index (χ2n) is 11.6. The molecule has 2 aromatic carbocycles. The number of aromatic amines is 1. The minimum absolute atomic E-state index is 0.105. The lowest BCUT2D eigenvalue weighted by Gasteiger charge is -2.38. The van der Waals surface area contributed by atoms with Crippen molar-refractivity contribution in [2.75, 3.05) is 52.7 Å². The van der Waals surface area contributed by atoms with E-state index in [0.717, 1.165) is 40.7 Å². The molecule has 1 aliphatic rings. The zero-order chi connectivity index (χ0) is 38.3. The number of fused-ring (bicyclic) bond motifs is 2. The molecule has 0 fully saturated rings. The molecule has 50 heavy (non-hydrogen) atoms. The molecule has 4 N–H and O–H groups in total. The van der Waals surface area contributed by atoms with Gasteiger partial charge < -0.3 is 35.2 Å². The summed E-state index contributed by atoms with van der Waals surface area (Å²) in [6, 6.07) is 13.0. The van der Waals surface area contributed by atoms with Gasteiger partial charge in [0.2, 0.25) is 11.8 Å². The Balaban J connectivity index is 0.000000758. The van der Waals surface area contributed by atoms with Crippen LogP contribution in [0.1, 0.15) is 24.0 Å². The minimum Gasteiger partial charge on any atom is -0.483 e. The monoisotopic (exact) mass is 739 g/mol. The van der Waals surface area contributed by atoms with Crippen LogP contribution in [0.5, 0.6) is 0 Å². The molecule has 2 unspecified atom stereocenters. The van der Waals surface area contributed by atoms with E-state index in [1.54, 1.807) is 4.90 Å². The molecule has 3 atom stereocenters. The number of H-pyrrole nitrogens is 1. The van der Waals surface area contributed by atoms with Crippen molar-refractivity contribution in [3.8, 4) is 0 Å². The Hall–Kier alpha value is -4.35. The van der Waals surface area contributed by atoms with E-state index in [2.05, 4.69) is 15.2 Å². The average Bonchev–Trinajstić information content (AvgIpc) is 3.42. The Bertz CT molecular complexity index is 1550. The Morgan fingerprint density at radius 3 is 2.16 bits per heavy atom. The molecule has 0 saturated heterocycles. The summed E-state index contributed by atoms with van der Waals surface area (Å²) in [5.74, 6) is -3.02. The van der Waals surface area contributed by atoms with Gasteiger partial charge in [0, 0.05) is 46.8 Å². The van der Waals surface area contributed by atoms with Crippen molar-refractivity contribution in [1.29, 1.82) is 0 Å². The molecule has 0 bridgehead atoms. The summed E-state index contributed by atoms with van der Waals surface area (Å²) in [5.41, 5.74) is 3.95. The van der Waals surface area contributed by atoms with Gasteiger partial charge in [-0.05, 0) is 75.9 Å². The van der Waals surface area contributed by atoms with E-state index in [1.807, 2.05) is 88.7 Å². The number of anilines is 1. The quantitative estimate of drug-likeness (QED) is 0.181. The molecular weight excluding hydrogens is 700 g/mol. The van der Waals surface area contributed by atoms with Crippen LogP contribution in [0.25, 0.3) is 10.9 Å². The van der Waals surface area contributed by atoms with Gasteiger partial charge in [-0.2, -0.15) is 26.3 Å². The molecule has 11 nitrogen and oxygen atoms in total. The Labute approximate surface area is 289 Å². The third-order valence-electron chi connectivity index (χ3n) is 7.07. The number of rotatable bonds is 8. The van der Waals surface area contributed by atoms with Crippen LogP contribution in [0, 0.1) is 5.92 Å². The maximum Gasteiger partial charge on any atom is 0.490 e. The molecule has 0 saturated carbocycles. The third kappa shape index (κ3) is 14.2. The van der Waals surface area contributed by atoms with Crippen LogP contribution in [-0.4, -0.2) is 116 Å². The summed E-state index contributed by atoms with van der Waals surface area (Å²) in [6.45, 7) is -0.254. The largest absolute Gasteiger partial charge is 0.490 e. The van der Waals surface area contributed by atoms with Gasteiger partial charge in [-0.15, -0.1) is 0 Å². The number of aliphatic carboxylic acids is 1. The summed E-state index contributed by atoms with van der Waals surface area (Å²) in [4.78, 5) is 53.6. The fourth-order valence-corrected chi connectivity index (χ4v) is 5.48. The van der Waals surface area contributed by atoms with Gasteiger partial charge in [-0.1, -0.05) is 36.7 Å². The number of carboxylic acids is 1. The lowest BCUT2D eigenvalue weighted by atomic mass is 9.88. The van der Waals surface area contributed by atoms with Crippen LogP contribution >= 0.6 is 11.6 Å². The second kappa shape index (κ2) is 20.4. The van der Waals surface area contributed by atoms with Gasteiger partial charge >= 0.3 is 18.8 Å². The molecular formula is C32H40ClF6N5O6. The number of hydrogen-bond acceptors (Lipinski definition) is 6. The standard InChI is InChI=1S/C28H36ClN5O2.C2HF3O2.CHF3.CH2O2/c1-18(23-14-30-24-9-7-6-8-22(23)24)27(31-26(35)17-33(4)5)28(36)34-16-19(15-32(2)3)12-20-13-21(29)10-11-25(20)34;3-2(4,5)1(6)7;2-1(3)4;2-1-3/h6-11,13-14,18-19,27,30H,12,15-17H2,1-5H3,(H,31,35);(H,6,7);1H;1H,(H,2,3)/t18?,19-,27?;;;/m1.../s1. The van der Waals surface area contributed by atoms with Gasteiger partial charge in [0.05, 0.1) is 6.54 Å². The lowest BCUT2D eigenvalue weighted by molar-refractivity contribution is -0.192. The number of para-hydroxylation sites is 1. The molecule has 2 amide bonds.